The molecule has 0 radical (unpaired) electrons. The van der Waals surface area contributed by atoms with Crippen molar-refractivity contribution in [2.24, 2.45) is 12.8 Å². The average Bonchev–Trinajstić information content (AvgIpc) is 2.68. The van der Waals surface area contributed by atoms with Gasteiger partial charge in [-0.25, -0.2) is 0 Å². The van der Waals surface area contributed by atoms with Crippen molar-refractivity contribution in [3.8, 4) is 0 Å². The van der Waals surface area contributed by atoms with Gasteiger partial charge in [0.25, 0.3) is 0 Å². The normalized spacial score (nSPS) is 10.5. The molecule has 2 aromatic rings. The van der Waals surface area contributed by atoms with Crippen LogP contribution in [0.2, 0.25) is 0 Å². The third-order valence-electron chi connectivity index (χ3n) is 2.56. The maximum absolute atomic E-state index is 12.2. The summed E-state index contributed by atoms with van der Waals surface area (Å²) >= 11 is 3.32. The topological polar surface area (TPSA) is 60.9 Å². The van der Waals surface area contributed by atoms with Crippen LogP contribution in [0.15, 0.2) is 34.9 Å². The lowest BCUT2D eigenvalue weighted by molar-refractivity contribution is 0.102. The number of ketones is 1. The van der Waals surface area contributed by atoms with E-state index < -0.39 is 0 Å². The molecule has 5 heteroatoms. The van der Waals surface area contributed by atoms with Crippen molar-refractivity contribution in [2.75, 3.05) is 0 Å². The molecule has 17 heavy (non-hydrogen) atoms. The van der Waals surface area contributed by atoms with E-state index in [1.54, 1.807) is 30.1 Å². The molecule has 2 N–H and O–H groups in total. The number of carbonyl (C=O) groups excluding carboxylic acids is 1. The number of aryl methyl sites for hydroxylation is 1. The summed E-state index contributed by atoms with van der Waals surface area (Å²) in [5.74, 6) is -0.0551. The molecule has 2 rings (SSSR count). The zero-order valence-corrected chi connectivity index (χ0v) is 10.9. The van der Waals surface area contributed by atoms with E-state index in [0.29, 0.717) is 22.3 Å². The average molecular weight is 294 g/mol. The maximum Gasteiger partial charge on any atom is 0.212 e. The second-order valence-corrected chi connectivity index (χ2v) is 4.55. The molecule has 88 valence electrons. The Kier molecular flexibility index (Phi) is 3.40. The number of hydrogen-bond acceptors (Lipinski definition) is 3. The lowest BCUT2D eigenvalue weighted by Crippen LogP contribution is -2.09. The first-order chi connectivity index (χ1) is 8.13. The summed E-state index contributed by atoms with van der Waals surface area (Å²) in [7, 11) is 1.74. The fraction of sp³-hybridized carbons (Fsp3) is 0.167. The van der Waals surface area contributed by atoms with Crippen LogP contribution in [0.5, 0.6) is 0 Å². The summed E-state index contributed by atoms with van der Waals surface area (Å²) < 4.78 is 2.26. The van der Waals surface area contributed by atoms with Crippen molar-refractivity contribution in [3.63, 3.8) is 0 Å². The number of hydrogen-bond donors (Lipinski definition) is 1. The van der Waals surface area contributed by atoms with Crippen LogP contribution in [-0.2, 0) is 13.6 Å². The van der Waals surface area contributed by atoms with Crippen LogP contribution in [0.3, 0.4) is 0 Å². The minimum absolute atomic E-state index is 0.0551. The van der Waals surface area contributed by atoms with Crippen LogP contribution in [0.1, 0.15) is 21.6 Å². The number of carbonyl (C=O) groups is 1. The van der Waals surface area contributed by atoms with E-state index in [-0.39, 0.29) is 5.78 Å². The van der Waals surface area contributed by atoms with Crippen molar-refractivity contribution in [1.29, 1.82) is 0 Å². The molecule has 4 nitrogen and oxygen atoms in total. The number of halogens is 1. The predicted molar refractivity (Wildman–Crippen MR) is 68.7 cm³/mol. The van der Waals surface area contributed by atoms with Gasteiger partial charge in [-0.15, -0.1) is 0 Å². The molecule has 0 saturated heterocycles. The van der Waals surface area contributed by atoms with E-state index in [1.165, 1.54) is 0 Å². The minimum Gasteiger partial charge on any atom is -0.326 e. The van der Waals surface area contributed by atoms with Crippen LogP contribution in [-0.4, -0.2) is 15.6 Å². The highest BCUT2D eigenvalue weighted by molar-refractivity contribution is 9.10. The molecule has 0 unspecified atom stereocenters. The highest BCUT2D eigenvalue weighted by Gasteiger charge is 2.16. The maximum atomic E-state index is 12.2. The van der Waals surface area contributed by atoms with E-state index in [4.69, 9.17) is 5.73 Å². The molecule has 0 saturated carbocycles. The smallest absolute Gasteiger partial charge is 0.212 e. The van der Waals surface area contributed by atoms with Gasteiger partial charge in [0.2, 0.25) is 5.78 Å². The molecule has 1 aromatic heterocycles. The minimum atomic E-state index is -0.0551. The van der Waals surface area contributed by atoms with Gasteiger partial charge >= 0.3 is 0 Å². The zero-order valence-electron chi connectivity index (χ0n) is 9.35. The SMILES string of the molecule is Cn1ncc(Br)c1C(=O)c1ccc(CN)cc1. The second-order valence-electron chi connectivity index (χ2n) is 3.69. The van der Waals surface area contributed by atoms with Crippen molar-refractivity contribution < 1.29 is 4.79 Å². The molecular formula is C12H12BrN3O. The number of nitrogens with zero attached hydrogens (tertiary/aromatic N) is 2. The molecule has 1 aromatic carbocycles. The van der Waals surface area contributed by atoms with Crippen molar-refractivity contribution in [2.45, 2.75) is 6.54 Å². The first-order valence-electron chi connectivity index (χ1n) is 5.14. The van der Waals surface area contributed by atoms with Gasteiger partial charge < -0.3 is 5.73 Å². The molecule has 0 atom stereocenters. The van der Waals surface area contributed by atoms with Crippen LogP contribution in [0.25, 0.3) is 0 Å². The van der Waals surface area contributed by atoms with Gasteiger partial charge in [0.15, 0.2) is 0 Å². The van der Waals surface area contributed by atoms with Gasteiger partial charge in [-0.2, -0.15) is 5.10 Å². The van der Waals surface area contributed by atoms with Gasteiger partial charge in [0, 0.05) is 19.2 Å². The Morgan fingerprint density at radius 3 is 2.53 bits per heavy atom. The van der Waals surface area contributed by atoms with Gasteiger partial charge in [-0.3, -0.25) is 9.48 Å². The lowest BCUT2D eigenvalue weighted by Gasteiger charge is -2.03. The Balaban J connectivity index is 2.37. The molecule has 0 aliphatic carbocycles. The van der Waals surface area contributed by atoms with E-state index in [9.17, 15) is 4.79 Å². The Labute approximate surface area is 108 Å². The van der Waals surface area contributed by atoms with Crippen molar-refractivity contribution in [3.05, 3.63) is 51.8 Å². The molecule has 1 heterocycles. The number of benzene rings is 1. The summed E-state index contributed by atoms with van der Waals surface area (Å²) in [5, 5.41) is 4.03. The largest absolute Gasteiger partial charge is 0.326 e. The van der Waals surface area contributed by atoms with E-state index >= 15 is 0 Å². The lowest BCUT2D eigenvalue weighted by atomic mass is 10.1. The molecule has 0 aliphatic rings. The summed E-state index contributed by atoms with van der Waals surface area (Å²) in [4.78, 5) is 12.2. The third-order valence-corrected chi connectivity index (χ3v) is 3.14. The Morgan fingerprint density at radius 2 is 2.06 bits per heavy atom. The number of aromatic nitrogens is 2. The quantitative estimate of drug-likeness (QED) is 0.879. The Hall–Kier alpha value is -1.46. The van der Waals surface area contributed by atoms with E-state index in [1.807, 2.05) is 12.1 Å². The van der Waals surface area contributed by atoms with Crippen molar-refractivity contribution in [1.82, 2.24) is 9.78 Å². The van der Waals surface area contributed by atoms with E-state index in [0.717, 1.165) is 5.56 Å². The first-order valence-corrected chi connectivity index (χ1v) is 5.94. The Bertz CT molecular complexity index is 526. The van der Waals surface area contributed by atoms with Gasteiger partial charge in [0.1, 0.15) is 5.69 Å². The predicted octanol–water partition coefficient (Wildman–Crippen LogP) is 1.87. The van der Waals surface area contributed by atoms with Crippen LogP contribution in [0.4, 0.5) is 0 Å². The summed E-state index contributed by atoms with van der Waals surface area (Å²) in [6, 6.07) is 7.28. The van der Waals surface area contributed by atoms with E-state index in [2.05, 4.69) is 21.0 Å². The monoisotopic (exact) mass is 293 g/mol. The Morgan fingerprint density at radius 1 is 1.41 bits per heavy atom. The summed E-state index contributed by atoms with van der Waals surface area (Å²) in [6.45, 7) is 0.476. The van der Waals surface area contributed by atoms with Gasteiger partial charge in [0.05, 0.1) is 10.7 Å². The first kappa shape index (κ1) is 12.0. The van der Waals surface area contributed by atoms with Crippen LogP contribution in [0, 0.1) is 0 Å². The zero-order chi connectivity index (χ0) is 12.4. The molecule has 0 spiro atoms. The summed E-state index contributed by atoms with van der Waals surface area (Å²) in [6.07, 6.45) is 1.61. The third kappa shape index (κ3) is 2.30. The fourth-order valence-electron chi connectivity index (χ4n) is 1.60. The fourth-order valence-corrected chi connectivity index (χ4v) is 2.12. The standard InChI is InChI=1S/C12H12BrN3O/c1-16-11(10(13)7-15-16)12(17)9-4-2-8(6-14)3-5-9/h2-5,7H,6,14H2,1H3. The van der Waals surface area contributed by atoms with Crippen LogP contribution < -0.4 is 5.73 Å². The van der Waals surface area contributed by atoms with Crippen LogP contribution >= 0.6 is 15.9 Å². The highest BCUT2D eigenvalue weighted by Crippen LogP contribution is 2.19. The van der Waals surface area contributed by atoms with Gasteiger partial charge in [-0.05, 0) is 21.5 Å². The summed E-state index contributed by atoms with van der Waals surface area (Å²) in [5.41, 5.74) is 7.70. The molecule has 0 bridgehead atoms. The van der Waals surface area contributed by atoms with Crippen molar-refractivity contribution >= 4 is 21.7 Å². The number of nitrogens with two attached hydrogens (primary N) is 1. The molecule has 0 fully saturated rings. The molecular weight excluding hydrogens is 282 g/mol. The van der Waals surface area contributed by atoms with Gasteiger partial charge in [-0.1, -0.05) is 24.3 Å². The molecule has 0 amide bonds. The molecule has 0 aliphatic heterocycles. The second kappa shape index (κ2) is 4.81. The highest BCUT2D eigenvalue weighted by atomic mass is 79.9. The number of rotatable bonds is 3.